The number of hydrogen-bond donors (Lipinski definition) is 1. The summed E-state index contributed by atoms with van der Waals surface area (Å²) in [4.78, 5) is 29.9. The number of nitrogens with zero attached hydrogens (tertiary/aromatic N) is 3. The zero-order valence-corrected chi connectivity index (χ0v) is 10.0. The number of carbonyl (C=O) groups excluding carboxylic acids is 1. The van der Waals surface area contributed by atoms with E-state index in [1.807, 2.05) is 0 Å². The van der Waals surface area contributed by atoms with E-state index in [9.17, 15) is 14.9 Å². The van der Waals surface area contributed by atoms with E-state index >= 15 is 0 Å². The van der Waals surface area contributed by atoms with Gasteiger partial charge >= 0.3 is 0 Å². The SMILES string of the molecule is Cc1ccc(C(=O)Nc2ncccn2)cc1[N+](=O)[O-]. The molecule has 0 spiro atoms. The third kappa shape index (κ3) is 2.89. The normalized spacial score (nSPS) is 9.95. The zero-order chi connectivity index (χ0) is 13.8. The molecule has 0 atom stereocenters. The molecule has 0 saturated carbocycles. The number of nitrogens with one attached hydrogen (secondary N) is 1. The molecule has 0 aliphatic rings. The maximum atomic E-state index is 11.9. The summed E-state index contributed by atoms with van der Waals surface area (Å²) in [6.45, 7) is 1.61. The van der Waals surface area contributed by atoms with Crippen LogP contribution >= 0.6 is 0 Å². The molecule has 1 aromatic carbocycles. The summed E-state index contributed by atoms with van der Waals surface area (Å²) in [6, 6.07) is 5.89. The maximum absolute atomic E-state index is 11.9. The largest absolute Gasteiger partial charge is 0.290 e. The van der Waals surface area contributed by atoms with E-state index in [1.165, 1.54) is 30.6 Å². The second-order valence-corrected chi connectivity index (χ2v) is 3.78. The highest BCUT2D eigenvalue weighted by Gasteiger charge is 2.15. The lowest BCUT2D eigenvalue weighted by Gasteiger charge is -2.04. The number of aromatic nitrogens is 2. The van der Waals surface area contributed by atoms with Crippen LogP contribution in [-0.4, -0.2) is 20.8 Å². The summed E-state index contributed by atoms with van der Waals surface area (Å²) in [7, 11) is 0. The van der Waals surface area contributed by atoms with E-state index in [4.69, 9.17) is 0 Å². The van der Waals surface area contributed by atoms with Crippen LogP contribution in [0.1, 0.15) is 15.9 Å². The number of nitro groups is 1. The molecule has 0 saturated heterocycles. The Morgan fingerprint density at radius 1 is 1.32 bits per heavy atom. The van der Waals surface area contributed by atoms with E-state index in [0.717, 1.165) is 0 Å². The van der Waals surface area contributed by atoms with Crippen molar-refractivity contribution in [3.63, 3.8) is 0 Å². The smallest absolute Gasteiger partial charge is 0.273 e. The quantitative estimate of drug-likeness (QED) is 0.670. The van der Waals surface area contributed by atoms with Gasteiger partial charge < -0.3 is 0 Å². The Morgan fingerprint density at radius 3 is 2.63 bits per heavy atom. The van der Waals surface area contributed by atoms with Crippen molar-refractivity contribution in [3.8, 4) is 0 Å². The monoisotopic (exact) mass is 258 g/mol. The van der Waals surface area contributed by atoms with Crippen molar-refractivity contribution in [1.82, 2.24) is 9.97 Å². The van der Waals surface area contributed by atoms with Gasteiger partial charge in [0.2, 0.25) is 5.95 Å². The van der Waals surface area contributed by atoms with Gasteiger partial charge in [0.05, 0.1) is 4.92 Å². The number of hydrogen-bond acceptors (Lipinski definition) is 5. The van der Waals surface area contributed by atoms with Crippen LogP contribution in [0, 0.1) is 17.0 Å². The van der Waals surface area contributed by atoms with E-state index in [2.05, 4.69) is 15.3 Å². The zero-order valence-electron chi connectivity index (χ0n) is 10.0. The first-order chi connectivity index (χ1) is 9.08. The fourth-order valence-electron chi connectivity index (χ4n) is 1.48. The molecule has 96 valence electrons. The number of amides is 1. The molecule has 1 aromatic heterocycles. The Bertz CT molecular complexity index is 628. The Morgan fingerprint density at radius 2 is 2.00 bits per heavy atom. The Balaban J connectivity index is 2.25. The Hall–Kier alpha value is -2.83. The van der Waals surface area contributed by atoms with Gasteiger partial charge in [0.25, 0.3) is 11.6 Å². The molecule has 19 heavy (non-hydrogen) atoms. The molecule has 0 unspecified atom stereocenters. The maximum Gasteiger partial charge on any atom is 0.273 e. The van der Waals surface area contributed by atoms with E-state index in [0.29, 0.717) is 5.56 Å². The molecule has 1 N–H and O–H groups in total. The minimum Gasteiger partial charge on any atom is -0.290 e. The van der Waals surface area contributed by atoms with Gasteiger partial charge in [-0.25, -0.2) is 9.97 Å². The summed E-state index contributed by atoms with van der Waals surface area (Å²) in [5, 5.41) is 13.3. The first-order valence-corrected chi connectivity index (χ1v) is 5.41. The lowest BCUT2D eigenvalue weighted by molar-refractivity contribution is -0.385. The van der Waals surface area contributed by atoms with Crippen LogP contribution in [0.15, 0.2) is 36.7 Å². The lowest BCUT2D eigenvalue weighted by atomic mass is 10.1. The second kappa shape index (κ2) is 5.21. The van der Waals surface area contributed by atoms with Gasteiger partial charge in [-0.3, -0.25) is 20.2 Å². The van der Waals surface area contributed by atoms with Crippen molar-refractivity contribution in [3.05, 3.63) is 57.9 Å². The van der Waals surface area contributed by atoms with Crippen LogP contribution in [0.3, 0.4) is 0 Å². The predicted octanol–water partition coefficient (Wildman–Crippen LogP) is 1.95. The van der Waals surface area contributed by atoms with Gasteiger partial charge in [0.15, 0.2) is 0 Å². The number of benzene rings is 1. The van der Waals surface area contributed by atoms with Crippen molar-refractivity contribution < 1.29 is 9.72 Å². The van der Waals surface area contributed by atoms with Crippen molar-refractivity contribution in [2.75, 3.05) is 5.32 Å². The van der Waals surface area contributed by atoms with E-state index in [1.54, 1.807) is 13.0 Å². The molecule has 7 heteroatoms. The summed E-state index contributed by atoms with van der Waals surface area (Å²) < 4.78 is 0. The lowest BCUT2D eigenvalue weighted by Crippen LogP contribution is -2.14. The number of aryl methyl sites for hydroxylation is 1. The molecule has 1 amide bonds. The average Bonchev–Trinajstić information content (AvgIpc) is 2.40. The first kappa shape index (κ1) is 12.6. The number of anilines is 1. The number of rotatable bonds is 3. The molecule has 2 rings (SSSR count). The molecule has 2 aromatic rings. The van der Waals surface area contributed by atoms with Gasteiger partial charge in [-0.1, -0.05) is 6.07 Å². The molecule has 0 bridgehead atoms. The molecule has 1 heterocycles. The predicted molar refractivity (Wildman–Crippen MR) is 67.8 cm³/mol. The summed E-state index contributed by atoms with van der Waals surface area (Å²) in [5.41, 5.74) is 0.587. The van der Waals surface area contributed by atoms with Crippen molar-refractivity contribution in [2.24, 2.45) is 0 Å². The fourth-order valence-corrected chi connectivity index (χ4v) is 1.48. The molecule has 0 radical (unpaired) electrons. The van der Waals surface area contributed by atoms with Crippen molar-refractivity contribution in [2.45, 2.75) is 6.92 Å². The van der Waals surface area contributed by atoms with Crippen LogP contribution in [0.5, 0.6) is 0 Å². The van der Waals surface area contributed by atoms with Gasteiger partial charge in [-0.2, -0.15) is 0 Å². The van der Waals surface area contributed by atoms with E-state index < -0.39 is 10.8 Å². The molecular formula is C12H10N4O3. The molecule has 0 aliphatic carbocycles. The van der Waals surface area contributed by atoms with Crippen LogP contribution < -0.4 is 5.32 Å². The highest BCUT2D eigenvalue weighted by Crippen LogP contribution is 2.19. The topological polar surface area (TPSA) is 98.0 Å². The third-order valence-corrected chi connectivity index (χ3v) is 2.46. The molecule has 7 nitrogen and oxygen atoms in total. The van der Waals surface area contributed by atoms with Crippen LogP contribution in [0.4, 0.5) is 11.6 Å². The van der Waals surface area contributed by atoms with Crippen molar-refractivity contribution >= 4 is 17.5 Å². The summed E-state index contributed by atoms with van der Waals surface area (Å²) >= 11 is 0. The van der Waals surface area contributed by atoms with Gasteiger partial charge in [-0.05, 0) is 19.1 Å². The van der Waals surface area contributed by atoms with Crippen LogP contribution in [0.2, 0.25) is 0 Å². The Kier molecular flexibility index (Phi) is 3.46. The number of nitro benzene ring substituents is 1. The first-order valence-electron chi connectivity index (χ1n) is 5.41. The molecule has 0 fully saturated rings. The number of carbonyl (C=O) groups is 1. The van der Waals surface area contributed by atoms with Gasteiger partial charge in [0, 0.05) is 29.6 Å². The minimum atomic E-state index is -0.523. The Labute approximate surface area is 108 Å². The minimum absolute atomic E-state index is 0.0957. The molecular weight excluding hydrogens is 248 g/mol. The second-order valence-electron chi connectivity index (χ2n) is 3.78. The average molecular weight is 258 g/mol. The highest BCUT2D eigenvalue weighted by atomic mass is 16.6. The third-order valence-electron chi connectivity index (χ3n) is 2.46. The van der Waals surface area contributed by atoms with Crippen molar-refractivity contribution in [1.29, 1.82) is 0 Å². The van der Waals surface area contributed by atoms with Gasteiger partial charge in [-0.15, -0.1) is 0 Å². The molecule has 0 aliphatic heterocycles. The summed E-state index contributed by atoms with van der Waals surface area (Å²) in [6.07, 6.45) is 2.97. The van der Waals surface area contributed by atoms with Crippen LogP contribution in [-0.2, 0) is 0 Å². The summed E-state index contributed by atoms with van der Waals surface area (Å²) in [5.74, 6) is -0.343. The standard InChI is InChI=1S/C12H10N4O3/c1-8-3-4-9(7-10(8)16(18)19)11(17)15-12-13-5-2-6-14-12/h2-7H,1H3,(H,13,14,15,17). The van der Waals surface area contributed by atoms with Gasteiger partial charge in [0.1, 0.15) is 0 Å². The van der Waals surface area contributed by atoms with E-state index in [-0.39, 0.29) is 17.2 Å². The highest BCUT2D eigenvalue weighted by molar-refractivity contribution is 6.03. The fraction of sp³-hybridized carbons (Fsp3) is 0.0833. The van der Waals surface area contributed by atoms with Crippen LogP contribution in [0.25, 0.3) is 0 Å².